The second-order valence-electron chi connectivity index (χ2n) is 7.75. The van der Waals surface area contributed by atoms with Gasteiger partial charge in [-0.1, -0.05) is 42.5 Å². The van der Waals surface area contributed by atoms with Crippen LogP contribution in [-0.2, 0) is 0 Å². The van der Waals surface area contributed by atoms with Crippen molar-refractivity contribution in [3.63, 3.8) is 0 Å². The number of imidazole rings is 1. The van der Waals surface area contributed by atoms with Crippen LogP contribution in [0, 0.1) is 5.92 Å². The maximum atomic E-state index is 11.0. The Balaban J connectivity index is 1.28. The number of para-hydroxylation sites is 1. The largest absolute Gasteiger partial charge is 0.393 e. The molecule has 0 amide bonds. The Kier molecular flexibility index (Phi) is 4.21. The molecular weight excluding hydrogens is 334 g/mol. The van der Waals surface area contributed by atoms with Gasteiger partial charge in [0.05, 0.1) is 30.4 Å². The number of piperidine rings is 1. The van der Waals surface area contributed by atoms with E-state index >= 15 is 0 Å². The quantitative estimate of drug-likeness (QED) is 0.762. The third-order valence-electron chi connectivity index (χ3n) is 6.27. The summed E-state index contributed by atoms with van der Waals surface area (Å²) in [6.45, 7) is 2.03. The van der Waals surface area contributed by atoms with Crippen LogP contribution in [0.15, 0.2) is 67.1 Å². The van der Waals surface area contributed by atoms with Gasteiger partial charge in [0.15, 0.2) is 0 Å². The molecule has 2 atom stereocenters. The molecule has 1 saturated heterocycles. The van der Waals surface area contributed by atoms with Gasteiger partial charge in [-0.2, -0.15) is 0 Å². The van der Waals surface area contributed by atoms with Gasteiger partial charge in [-0.05, 0) is 42.9 Å². The van der Waals surface area contributed by atoms with Crippen molar-refractivity contribution in [1.29, 1.82) is 0 Å². The zero-order valence-electron chi connectivity index (χ0n) is 15.4. The number of benzene rings is 2. The summed E-state index contributed by atoms with van der Waals surface area (Å²) < 4.78 is 2.23. The lowest BCUT2D eigenvalue weighted by Gasteiger charge is -2.36. The molecule has 4 heteroatoms. The molecule has 2 aromatic carbocycles. The summed E-state index contributed by atoms with van der Waals surface area (Å²) in [5, 5.41) is 11.0. The van der Waals surface area contributed by atoms with E-state index < -0.39 is 0 Å². The molecule has 1 N–H and O–H groups in total. The van der Waals surface area contributed by atoms with Crippen molar-refractivity contribution in [2.75, 3.05) is 18.0 Å². The standard InChI is InChI=1S/C23H25N3O/c27-23(17-10-12-25(13-11-17)18-6-2-1-3-7-18)14-21-19-8-4-5-9-20(19)22-15-24-16-26(21)22/h1-9,15-17,21,23,27H,10-14H2/t21-,23-/m1/s1. The Morgan fingerprint density at radius 1 is 1.00 bits per heavy atom. The van der Waals surface area contributed by atoms with Crippen molar-refractivity contribution < 1.29 is 5.11 Å². The third-order valence-corrected chi connectivity index (χ3v) is 6.27. The van der Waals surface area contributed by atoms with E-state index in [-0.39, 0.29) is 12.1 Å². The first kappa shape index (κ1) is 16.6. The highest BCUT2D eigenvalue weighted by molar-refractivity contribution is 5.68. The van der Waals surface area contributed by atoms with Gasteiger partial charge < -0.3 is 14.6 Å². The Morgan fingerprint density at radius 2 is 1.74 bits per heavy atom. The summed E-state index contributed by atoms with van der Waals surface area (Å²) in [7, 11) is 0. The first-order valence-electron chi connectivity index (χ1n) is 9.90. The highest BCUT2D eigenvalue weighted by Crippen LogP contribution is 2.42. The van der Waals surface area contributed by atoms with Gasteiger partial charge in [0.1, 0.15) is 0 Å². The molecular formula is C23H25N3O. The molecule has 2 aliphatic heterocycles. The van der Waals surface area contributed by atoms with Crippen LogP contribution in [0.2, 0.25) is 0 Å². The summed E-state index contributed by atoms with van der Waals surface area (Å²) in [6, 6.07) is 19.3. The van der Waals surface area contributed by atoms with Gasteiger partial charge in [-0.3, -0.25) is 0 Å². The molecule has 0 saturated carbocycles. The van der Waals surface area contributed by atoms with Crippen molar-refractivity contribution in [2.24, 2.45) is 5.92 Å². The van der Waals surface area contributed by atoms with Gasteiger partial charge in [-0.25, -0.2) is 4.98 Å². The molecule has 138 valence electrons. The third kappa shape index (κ3) is 2.94. The van der Waals surface area contributed by atoms with Gasteiger partial charge in [0.25, 0.3) is 0 Å². The minimum absolute atomic E-state index is 0.195. The maximum Gasteiger partial charge on any atom is 0.0956 e. The lowest BCUT2D eigenvalue weighted by atomic mass is 9.86. The van der Waals surface area contributed by atoms with E-state index in [9.17, 15) is 5.11 Å². The highest BCUT2D eigenvalue weighted by Gasteiger charge is 2.33. The van der Waals surface area contributed by atoms with Crippen LogP contribution in [0.25, 0.3) is 11.3 Å². The highest BCUT2D eigenvalue weighted by atomic mass is 16.3. The first-order valence-corrected chi connectivity index (χ1v) is 9.90. The normalized spacial score (nSPS) is 20.3. The van der Waals surface area contributed by atoms with E-state index in [1.54, 1.807) is 0 Å². The lowest BCUT2D eigenvalue weighted by molar-refractivity contribution is 0.0757. The van der Waals surface area contributed by atoms with E-state index in [2.05, 4.69) is 69.0 Å². The molecule has 1 fully saturated rings. The first-order chi connectivity index (χ1) is 13.3. The molecule has 2 aliphatic rings. The number of aliphatic hydroxyl groups excluding tert-OH is 1. The predicted molar refractivity (Wildman–Crippen MR) is 108 cm³/mol. The van der Waals surface area contributed by atoms with Crippen LogP contribution in [0.4, 0.5) is 5.69 Å². The van der Waals surface area contributed by atoms with Gasteiger partial charge in [0.2, 0.25) is 0 Å². The van der Waals surface area contributed by atoms with E-state index in [0.717, 1.165) is 32.4 Å². The summed E-state index contributed by atoms with van der Waals surface area (Å²) >= 11 is 0. The summed E-state index contributed by atoms with van der Waals surface area (Å²) in [4.78, 5) is 6.76. The molecule has 0 spiro atoms. The Bertz CT molecular complexity index is 912. The summed E-state index contributed by atoms with van der Waals surface area (Å²) in [5.41, 5.74) is 5.03. The number of fused-ring (bicyclic) bond motifs is 3. The van der Waals surface area contributed by atoms with E-state index in [1.807, 2.05) is 12.5 Å². The number of anilines is 1. The number of hydrogen-bond donors (Lipinski definition) is 1. The molecule has 1 aromatic heterocycles. The zero-order chi connectivity index (χ0) is 18.2. The van der Waals surface area contributed by atoms with Crippen LogP contribution in [0.5, 0.6) is 0 Å². The molecule has 0 radical (unpaired) electrons. The van der Waals surface area contributed by atoms with Crippen molar-refractivity contribution >= 4 is 5.69 Å². The second-order valence-corrected chi connectivity index (χ2v) is 7.75. The van der Waals surface area contributed by atoms with Crippen LogP contribution in [0.3, 0.4) is 0 Å². The molecule has 4 nitrogen and oxygen atoms in total. The van der Waals surface area contributed by atoms with Crippen molar-refractivity contribution in [1.82, 2.24) is 9.55 Å². The van der Waals surface area contributed by atoms with E-state index in [1.165, 1.54) is 22.5 Å². The van der Waals surface area contributed by atoms with E-state index in [0.29, 0.717) is 5.92 Å². The lowest BCUT2D eigenvalue weighted by Crippen LogP contribution is -2.38. The maximum absolute atomic E-state index is 11.0. The van der Waals surface area contributed by atoms with Gasteiger partial charge in [-0.15, -0.1) is 0 Å². The van der Waals surface area contributed by atoms with Crippen LogP contribution in [0.1, 0.15) is 30.9 Å². The minimum atomic E-state index is -0.283. The Labute approximate surface area is 160 Å². The number of rotatable bonds is 4. The van der Waals surface area contributed by atoms with Crippen molar-refractivity contribution in [2.45, 2.75) is 31.4 Å². The fourth-order valence-electron chi connectivity index (χ4n) is 4.78. The predicted octanol–water partition coefficient (Wildman–Crippen LogP) is 4.12. The second kappa shape index (κ2) is 6.86. The fraction of sp³-hybridized carbons (Fsp3) is 0.348. The van der Waals surface area contributed by atoms with E-state index in [4.69, 9.17) is 0 Å². The monoisotopic (exact) mass is 359 g/mol. The fourth-order valence-corrected chi connectivity index (χ4v) is 4.78. The molecule has 0 unspecified atom stereocenters. The van der Waals surface area contributed by atoms with Gasteiger partial charge in [0, 0.05) is 24.3 Å². The molecule has 5 rings (SSSR count). The Morgan fingerprint density at radius 3 is 2.56 bits per heavy atom. The van der Waals surface area contributed by atoms with Crippen molar-refractivity contribution in [3.8, 4) is 11.3 Å². The molecule has 3 heterocycles. The van der Waals surface area contributed by atoms with Gasteiger partial charge >= 0.3 is 0 Å². The number of nitrogens with zero attached hydrogens (tertiary/aromatic N) is 3. The summed E-state index contributed by atoms with van der Waals surface area (Å²) in [5.74, 6) is 0.365. The smallest absolute Gasteiger partial charge is 0.0956 e. The number of aromatic nitrogens is 2. The van der Waals surface area contributed by atoms with Crippen molar-refractivity contribution in [3.05, 3.63) is 72.7 Å². The summed E-state index contributed by atoms with van der Waals surface area (Å²) in [6.07, 6.45) is 6.40. The van der Waals surface area contributed by atoms with Crippen LogP contribution >= 0.6 is 0 Å². The average Bonchev–Trinajstić information content (AvgIpc) is 3.32. The molecule has 27 heavy (non-hydrogen) atoms. The SMILES string of the molecule is O[C@H](C[C@@H]1c2ccccc2-c2cncn21)C1CCN(c2ccccc2)CC1. The number of aliphatic hydroxyl groups is 1. The van der Waals surface area contributed by atoms with Crippen LogP contribution < -0.4 is 4.90 Å². The van der Waals surface area contributed by atoms with Crippen LogP contribution in [-0.4, -0.2) is 33.9 Å². The molecule has 3 aromatic rings. The molecule has 0 bridgehead atoms. The zero-order valence-corrected chi connectivity index (χ0v) is 15.4. The molecule has 0 aliphatic carbocycles. The Hall–Kier alpha value is -2.59. The topological polar surface area (TPSA) is 41.3 Å². The minimum Gasteiger partial charge on any atom is -0.393 e. The number of hydrogen-bond acceptors (Lipinski definition) is 3. The average molecular weight is 359 g/mol.